The first-order valence-corrected chi connectivity index (χ1v) is 8.63. The fourth-order valence-corrected chi connectivity index (χ4v) is 3.57. The third-order valence-electron chi connectivity index (χ3n) is 4.66. The van der Waals surface area contributed by atoms with Gasteiger partial charge < -0.3 is 10.2 Å². The van der Waals surface area contributed by atoms with Gasteiger partial charge in [-0.05, 0) is 18.2 Å². The number of likely N-dealkylation sites (N-methyl/N-ethyl adjacent to an activating group) is 1. The number of benzene rings is 1. The minimum absolute atomic E-state index is 0.0163. The molecule has 1 aromatic carbocycles. The van der Waals surface area contributed by atoms with Crippen LogP contribution < -0.4 is 5.32 Å². The molecule has 0 spiro atoms. The van der Waals surface area contributed by atoms with E-state index in [4.69, 9.17) is 12.2 Å². The molecule has 1 fully saturated rings. The van der Waals surface area contributed by atoms with Crippen LogP contribution in [0.2, 0.25) is 0 Å². The lowest BCUT2D eigenvalue weighted by Crippen LogP contribution is -2.32. The summed E-state index contributed by atoms with van der Waals surface area (Å²) in [6.07, 6.45) is -4.64. The summed E-state index contributed by atoms with van der Waals surface area (Å²) in [6, 6.07) is 2.30. The monoisotopic (exact) mass is 436 g/mol. The second kappa shape index (κ2) is 7.32. The Morgan fingerprint density at radius 3 is 2.45 bits per heavy atom. The number of hydrogen-bond donors (Lipinski definition) is 1. The molecule has 156 valence electrons. The Morgan fingerprint density at radius 1 is 1.21 bits per heavy atom. The molecule has 2 heterocycles. The zero-order valence-corrected chi connectivity index (χ0v) is 15.8. The number of anilines is 1. The Bertz CT molecular complexity index is 989. The van der Waals surface area contributed by atoms with Crippen molar-refractivity contribution in [2.24, 2.45) is 13.0 Å². The number of amides is 1. The van der Waals surface area contributed by atoms with Crippen molar-refractivity contribution in [1.82, 2.24) is 14.7 Å². The summed E-state index contributed by atoms with van der Waals surface area (Å²) in [7, 11) is 2.67. The molecule has 2 atom stereocenters. The molecule has 1 aliphatic rings. The number of nitrogens with one attached hydrogen (secondary N) is 1. The van der Waals surface area contributed by atoms with Crippen LogP contribution in [0, 0.1) is 23.4 Å². The minimum Gasteiger partial charge on any atom is -0.368 e. The van der Waals surface area contributed by atoms with Gasteiger partial charge in [-0.25, -0.2) is 13.2 Å². The van der Waals surface area contributed by atoms with Gasteiger partial charge in [0.2, 0.25) is 5.91 Å². The summed E-state index contributed by atoms with van der Waals surface area (Å²) >= 11 is 5.21. The number of aryl methyl sites for hydroxylation is 1. The Morgan fingerprint density at radius 2 is 1.86 bits per heavy atom. The van der Waals surface area contributed by atoms with Crippen LogP contribution in [0.15, 0.2) is 18.2 Å². The van der Waals surface area contributed by atoms with Gasteiger partial charge in [-0.3, -0.25) is 9.48 Å². The fraction of sp³-hybridized carbons (Fsp3) is 0.353. The van der Waals surface area contributed by atoms with Crippen LogP contribution in [-0.2, 0) is 18.0 Å². The molecule has 0 aliphatic carbocycles. The summed E-state index contributed by atoms with van der Waals surface area (Å²) < 4.78 is 80.2. The van der Waals surface area contributed by atoms with E-state index in [0.717, 1.165) is 19.2 Å². The Hall–Kier alpha value is -2.63. The van der Waals surface area contributed by atoms with Gasteiger partial charge in [-0.2, -0.15) is 18.3 Å². The van der Waals surface area contributed by atoms with Crippen LogP contribution in [0.4, 0.5) is 32.0 Å². The maximum atomic E-state index is 13.9. The lowest BCUT2D eigenvalue weighted by molar-refractivity contribution is -0.143. The van der Waals surface area contributed by atoms with Gasteiger partial charge in [0.25, 0.3) is 0 Å². The topological polar surface area (TPSA) is 50.2 Å². The predicted molar refractivity (Wildman–Crippen MR) is 94.6 cm³/mol. The van der Waals surface area contributed by atoms with E-state index in [1.54, 1.807) is 7.05 Å². The van der Waals surface area contributed by atoms with Crippen molar-refractivity contribution in [3.63, 3.8) is 0 Å². The second-order valence-electron chi connectivity index (χ2n) is 6.59. The third kappa shape index (κ3) is 3.80. The number of thiocarbonyl (C=S) groups is 1. The molecule has 3 rings (SSSR count). The molecule has 1 aromatic heterocycles. The molecule has 1 amide bonds. The van der Waals surface area contributed by atoms with E-state index in [2.05, 4.69) is 10.4 Å². The molecule has 12 heteroatoms. The van der Waals surface area contributed by atoms with Crippen molar-refractivity contribution in [3.05, 3.63) is 47.0 Å². The summed E-state index contributed by atoms with van der Waals surface area (Å²) in [5.41, 5.74) is -1.63. The van der Waals surface area contributed by atoms with E-state index in [-0.39, 0.29) is 17.2 Å². The number of halogens is 6. The third-order valence-corrected chi connectivity index (χ3v) is 5.23. The molecule has 1 N–H and O–H groups in total. The number of likely N-dealkylation sites (tertiary alicyclic amines) is 1. The molecule has 0 unspecified atom stereocenters. The summed E-state index contributed by atoms with van der Waals surface area (Å²) in [5, 5.41) is 5.99. The average Bonchev–Trinajstić information content (AvgIpc) is 3.16. The van der Waals surface area contributed by atoms with Crippen molar-refractivity contribution in [2.45, 2.75) is 12.1 Å². The first kappa shape index (κ1) is 21.1. The number of hydrogen-bond acceptors (Lipinski definition) is 3. The highest BCUT2D eigenvalue weighted by molar-refractivity contribution is 7.80. The minimum atomic E-state index is -4.64. The van der Waals surface area contributed by atoms with E-state index in [9.17, 15) is 31.1 Å². The average molecular weight is 436 g/mol. The summed E-state index contributed by atoms with van der Waals surface area (Å²) in [5.74, 6) is -7.65. The van der Waals surface area contributed by atoms with Crippen molar-refractivity contribution in [3.8, 4) is 0 Å². The molecule has 1 saturated heterocycles. The van der Waals surface area contributed by atoms with Gasteiger partial charge in [0.1, 0.15) is 5.69 Å². The number of carbonyl (C=O) groups excluding carboxylic acids is 1. The maximum Gasteiger partial charge on any atom is 0.433 e. The highest BCUT2D eigenvalue weighted by atomic mass is 32.1. The zero-order chi connectivity index (χ0) is 21.7. The van der Waals surface area contributed by atoms with Gasteiger partial charge in [0.05, 0.1) is 22.3 Å². The standard InChI is InChI=1S/C17H14F6N4OS/c1-26-6-7(10-5-11(17(21,22)23)27(2)25-10)12(16(26)29)15(28)24-9-4-3-8(18)13(19)14(9)20/h3-5,7,12H,6H2,1-2H3,(H,24,28)/t7-,12+/m1/s1. The fourth-order valence-electron chi connectivity index (χ4n) is 3.23. The lowest BCUT2D eigenvalue weighted by atomic mass is 9.91. The predicted octanol–water partition coefficient (Wildman–Crippen LogP) is 3.47. The van der Waals surface area contributed by atoms with Crippen LogP contribution in [0.5, 0.6) is 0 Å². The van der Waals surface area contributed by atoms with E-state index in [1.165, 1.54) is 4.90 Å². The second-order valence-corrected chi connectivity index (χ2v) is 7.01. The molecule has 1 aliphatic heterocycles. The van der Waals surface area contributed by atoms with Crippen molar-refractivity contribution < 1.29 is 31.1 Å². The van der Waals surface area contributed by atoms with Gasteiger partial charge in [0.15, 0.2) is 17.5 Å². The number of aromatic nitrogens is 2. The molecule has 0 bridgehead atoms. The van der Waals surface area contributed by atoms with Crippen LogP contribution >= 0.6 is 12.2 Å². The Labute approximate surface area is 166 Å². The summed E-state index contributed by atoms with van der Waals surface area (Å²) in [4.78, 5) is 14.3. The number of rotatable bonds is 3. The Kier molecular flexibility index (Phi) is 5.32. The van der Waals surface area contributed by atoms with Gasteiger partial charge in [-0.1, -0.05) is 12.2 Å². The van der Waals surface area contributed by atoms with Gasteiger partial charge in [-0.15, -0.1) is 0 Å². The SMILES string of the molecule is CN1C[C@H](c2cc(C(F)(F)F)n(C)n2)[C@@H](C(=O)Nc2ccc(F)c(F)c2F)C1=S. The van der Waals surface area contributed by atoms with E-state index in [1.807, 2.05) is 0 Å². The van der Waals surface area contributed by atoms with E-state index < -0.39 is 52.8 Å². The highest BCUT2D eigenvalue weighted by Crippen LogP contribution is 2.37. The molecular weight excluding hydrogens is 422 g/mol. The lowest BCUT2D eigenvalue weighted by Gasteiger charge is -2.17. The van der Waals surface area contributed by atoms with E-state index >= 15 is 0 Å². The maximum absolute atomic E-state index is 13.9. The number of alkyl halides is 3. The molecule has 29 heavy (non-hydrogen) atoms. The zero-order valence-electron chi connectivity index (χ0n) is 15.0. The van der Waals surface area contributed by atoms with Crippen molar-refractivity contribution in [2.75, 3.05) is 18.9 Å². The molecular formula is C17H14F6N4OS. The van der Waals surface area contributed by atoms with Gasteiger partial charge in [0, 0.05) is 26.6 Å². The van der Waals surface area contributed by atoms with Crippen LogP contribution in [0.1, 0.15) is 17.3 Å². The summed E-state index contributed by atoms with van der Waals surface area (Å²) in [6.45, 7) is 0.103. The highest BCUT2D eigenvalue weighted by Gasteiger charge is 2.44. The smallest absolute Gasteiger partial charge is 0.368 e. The van der Waals surface area contributed by atoms with Crippen molar-refractivity contribution in [1.29, 1.82) is 0 Å². The van der Waals surface area contributed by atoms with Crippen LogP contribution in [0.25, 0.3) is 0 Å². The largest absolute Gasteiger partial charge is 0.433 e. The Balaban J connectivity index is 1.93. The van der Waals surface area contributed by atoms with Crippen LogP contribution in [0.3, 0.4) is 0 Å². The molecule has 0 saturated carbocycles. The quantitative estimate of drug-likeness (QED) is 0.455. The van der Waals surface area contributed by atoms with E-state index in [0.29, 0.717) is 10.7 Å². The molecule has 0 radical (unpaired) electrons. The number of nitrogens with zero attached hydrogens (tertiary/aromatic N) is 3. The first-order chi connectivity index (χ1) is 13.4. The first-order valence-electron chi connectivity index (χ1n) is 8.22. The molecule has 2 aromatic rings. The number of carbonyl (C=O) groups is 1. The van der Waals surface area contributed by atoms with Crippen LogP contribution in [-0.4, -0.2) is 39.2 Å². The normalized spacial score (nSPS) is 19.7. The van der Waals surface area contributed by atoms with Crippen molar-refractivity contribution >= 4 is 28.8 Å². The van der Waals surface area contributed by atoms with Gasteiger partial charge >= 0.3 is 6.18 Å². The molecule has 5 nitrogen and oxygen atoms in total.